The number of carbonyl (C=O) groups excluding carboxylic acids is 1. The molecule has 2 aliphatic rings. The highest BCUT2D eigenvalue weighted by molar-refractivity contribution is 5.92. The van der Waals surface area contributed by atoms with Gasteiger partial charge in [-0.05, 0) is 19.8 Å². The second-order valence-corrected chi connectivity index (χ2v) is 6.28. The van der Waals surface area contributed by atoms with Gasteiger partial charge in [-0.1, -0.05) is 10.3 Å². The van der Waals surface area contributed by atoms with E-state index in [1.165, 1.54) is 0 Å². The fraction of sp³-hybridized carbons (Fsp3) is 0.600. The van der Waals surface area contributed by atoms with E-state index in [1.807, 2.05) is 4.90 Å². The Morgan fingerprint density at radius 3 is 2.78 bits per heavy atom. The molecule has 0 spiro atoms. The van der Waals surface area contributed by atoms with Crippen molar-refractivity contribution >= 4 is 5.91 Å². The number of amides is 1. The van der Waals surface area contributed by atoms with E-state index in [1.54, 1.807) is 19.9 Å². The van der Waals surface area contributed by atoms with Crippen molar-refractivity contribution in [3.8, 4) is 0 Å². The number of carbonyl (C=O) groups is 1. The Bertz CT molecular complexity index is 725. The SMILES string of the molecule is Cc1noc([C@@H]2COC[C@@H]3CN(C(=O)c4cc(C)on4)C[C@@H]32)n1. The molecule has 2 saturated heterocycles. The Hall–Kier alpha value is -2.22. The molecule has 0 radical (unpaired) electrons. The van der Waals surface area contributed by atoms with E-state index in [9.17, 15) is 4.79 Å². The van der Waals surface area contributed by atoms with E-state index >= 15 is 0 Å². The fourth-order valence-corrected chi connectivity index (χ4v) is 3.51. The zero-order valence-electron chi connectivity index (χ0n) is 13.1. The third-order valence-electron chi connectivity index (χ3n) is 4.63. The van der Waals surface area contributed by atoms with Gasteiger partial charge in [-0.2, -0.15) is 4.98 Å². The van der Waals surface area contributed by atoms with Crippen LogP contribution in [0.3, 0.4) is 0 Å². The van der Waals surface area contributed by atoms with E-state index < -0.39 is 0 Å². The number of ether oxygens (including phenoxy) is 1. The monoisotopic (exact) mass is 318 g/mol. The fourth-order valence-electron chi connectivity index (χ4n) is 3.51. The van der Waals surface area contributed by atoms with Crippen LogP contribution in [-0.2, 0) is 4.74 Å². The standard InChI is InChI=1S/C15H18N4O4/c1-8-3-13(18-22-8)15(20)19-4-10-6-21-7-12(11(10)5-19)14-16-9(2)17-23-14/h3,10-12H,4-7H2,1-2H3/t10-,11-,12+/m0/s1. The third kappa shape index (κ3) is 2.52. The highest BCUT2D eigenvalue weighted by atomic mass is 16.5. The minimum atomic E-state index is -0.100. The first-order valence-electron chi connectivity index (χ1n) is 7.72. The van der Waals surface area contributed by atoms with Gasteiger partial charge in [-0.3, -0.25) is 4.79 Å². The van der Waals surface area contributed by atoms with Crippen LogP contribution in [0.1, 0.15) is 33.9 Å². The molecule has 3 atom stereocenters. The molecule has 8 nitrogen and oxygen atoms in total. The van der Waals surface area contributed by atoms with Gasteiger partial charge in [0.2, 0.25) is 5.89 Å². The number of nitrogens with zero attached hydrogens (tertiary/aromatic N) is 4. The van der Waals surface area contributed by atoms with E-state index in [0.717, 1.165) is 0 Å². The van der Waals surface area contributed by atoms with E-state index in [0.29, 0.717) is 49.5 Å². The molecule has 1 amide bonds. The summed E-state index contributed by atoms with van der Waals surface area (Å²) >= 11 is 0. The Morgan fingerprint density at radius 1 is 1.22 bits per heavy atom. The average molecular weight is 318 g/mol. The summed E-state index contributed by atoms with van der Waals surface area (Å²) in [7, 11) is 0. The van der Waals surface area contributed by atoms with Crippen molar-refractivity contribution < 1.29 is 18.6 Å². The number of aryl methyl sites for hydroxylation is 2. The van der Waals surface area contributed by atoms with Crippen LogP contribution in [0.15, 0.2) is 15.1 Å². The summed E-state index contributed by atoms with van der Waals surface area (Å²) in [5.41, 5.74) is 0.354. The molecule has 2 fully saturated rings. The van der Waals surface area contributed by atoms with Crippen molar-refractivity contribution in [2.24, 2.45) is 11.8 Å². The number of likely N-dealkylation sites (tertiary alicyclic amines) is 1. The molecule has 4 heterocycles. The Labute approximate surface area is 132 Å². The van der Waals surface area contributed by atoms with Crippen LogP contribution in [-0.4, -0.2) is 52.4 Å². The predicted molar refractivity (Wildman–Crippen MR) is 76.7 cm³/mol. The number of hydrogen-bond donors (Lipinski definition) is 0. The first kappa shape index (κ1) is 14.4. The number of aromatic nitrogens is 3. The molecule has 2 aliphatic heterocycles. The molecule has 0 saturated carbocycles. The van der Waals surface area contributed by atoms with Gasteiger partial charge in [0.15, 0.2) is 11.5 Å². The summed E-state index contributed by atoms with van der Waals surface area (Å²) in [5, 5.41) is 7.69. The zero-order chi connectivity index (χ0) is 16.0. The Kier molecular flexibility index (Phi) is 3.41. The largest absolute Gasteiger partial charge is 0.380 e. The van der Waals surface area contributed by atoms with Gasteiger partial charge in [-0.25, -0.2) is 0 Å². The highest BCUT2D eigenvalue weighted by Crippen LogP contribution is 2.39. The summed E-state index contributed by atoms with van der Waals surface area (Å²) in [5.74, 6) is 2.32. The van der Waals surface area contributed by atoms with Crippen molar-refractivity contribution in [3.05, 3.63) is 29.2 Å². The van der Waals surface area contributed by atoms with Gasteiger partial charge in [-0.15, -0.1) is 0 Å². The lowest BCUT2D eigenvalue weighted by Gasteiger charge is -2.30. The molecular weight excluding hydrogens is 300 g/mol. The normalized spacial score (nSPS) is 27.2. The summed E-state index contributed by atoms with van der Waals surface area (Å²) in [6.07, 6.45) is 0. The van der Waals surface area contributed by atoms with Gasteiger partial charge in [0, 0.05) is 25.1 Å². The van der Waals surface area contributed by atoms with Crippen molar-refractivity contribution in [1.29, 1.82) is 0 Å². The second-order valence-electron chi connectivity index (χ2n) is 6.28. The average Bonchev–Trinajstić information content (AvgIpc) is 3.24. The molecule has 0 unspecified atom stereocenters. The van der Waals surface area contributed by atoms with E-state index in [-0.39, 0.29) is 23.7 Å². The van der Waals surface area contributed by atoms with Crippen molar-refractivity contribution in [2.45, 2.75) is 19.8 Å². The van der Waals surface area contributed by atoms with Crippen molar-refractivity contribution in [3.63, 3.8) is 0 Å². The maximum atomic E-state index is 12.6. The first-order chi connectivity index (χ1) is 11.1. The maximum absolute atomic E-state index is 12.6. The Morgan fingerprint density at radius 2 is 2.09 bits per heavy atom. The quantitative estimate of drug-likeness (QED) is 0.820. The summed E-state index contributed by atoms with van der Waals surface area (Å²) < 4.78 is 16.0. The number of fused-ring (bicyclic) bond motifs is 1. The lowest BCUT2D eigenvalue weighted by Crippen LogP contribution is -2.33. The molecule has 0 aliphatic carbocycles. The number of hydrogen-bond acceptors (Lipinski definition) is 7. The van der Waals surface area contributed by atoms with Crippen molar-refractivity contribution in [2.75, 3.05) is 26.3 Å². The highest BCUT2D eigenvalue weighted by Gasteiger charge is 2.45. The minimum Gasteiger partial charge on any atom is -0.380 e. The molecule has 2 aromatic heterocycles. The summed E-state index contributed by atoms with van der Waals surface area (Å²) in [6, 6.07) is 1.67. The van der Waals surface area contributed by atoms with Gasteiger partial charge in [0.05, 0.1) is 19.1 Å². The maximum Gasteiger partial charge on any atom is 0.276 e. The van der Waals surface area contributed by atoms with Crippen LogP contribution < -0.4 is 0 Å². The van der Waals surface area contributed by atoms with Crippen LogP contribution in [0.4, 0.5) is 0 Å². The molecule has 122 valence electrons. The van der Waals surface area contributed by atoms with Crippen LogP contribution in [0.25, 0.3) is 0 Å². The molecule has 8 heteroatoms. The van der Waals surface area contributed by atoms with Gasteiger partial charge in [0.1, 0.15) is 5.76 Å². The summed E-state index contributed by atoms with van der Waals surface area (Å²) in [4.78, 5) is 18.7. The van der Waals surface area contributed by atoms with E-state index in [2.05, 4.69) is 15.3 Å². The van der Waals surface area contributed by atoms with Gasteiger partial charge < -0.3 is 18.7 Å². The molecule has 23 heavy (non-hydrogen) atoms. The molecule has 0 aromatic carbocycles. The van der Waals surface area contributed by atoms with Crippen molar-refractivity contribution in [1.82, 2.24) is 20.2 Å². The molecular formula is C15H18N4O4. The number of rotatable bonds is 2. The summed E-state index contributed by atoms with van der Waals surface area (Å²) in [6.45, 7) is 6.06. The van der Waals surface area contributed by atoms with Crippen LogP contribution in [0, 0.1) is 25.7 Å². The topological polar surface area (TPSA) is 94.5 Å². The van der Waals surface area contributed by atoms with E-state index in [4.69, 9.17) is 13.8 Å². The molecule has 2 aromatic rings. The lowest BCUT2D eigenvalue weighted by atomic mass is 9.83. The lowest BCUT2D eigenvalue weighted by molar-refractivity contribution is 0.00992. The molecule has 0 N–H and O–H groups in total. The predicted octanol–water partition coefficient (Wildman–Crippen LogP) is 1.18. The molecule has 4 rings (SSSR count). The smallest absolute Gasteiger partial charge is 0.276 e. The van der Waals surface area contributed by atoms with Crippen LogP contribution >= 0.6 is 0 Å². The van der Waals surface area contributed by atoms with Crippen LogP contribution in [0.2, 0.25) is 0 Å². The zero-order valence-corrected chi connectivity index (χ0v) is 13.1. The second kappa shape index (κ2) is 5.45. The van der Waals surface area contributed by atoms with Crippen LogP contribution in [0.5, 0.6) is 0 Å². The first-order valence-corrected chi connectivity index (χ1v) is 7.72. The Balaban J connectivity index is 1.54. The van der Waals surface area contributed by atoms with Gasteiger partial charge >= 0.3 is 0 Å². The third-order valence-corrected chi connectivity index (χ3v) is 4.63. The van der Waals surface area contributed by atoms with Gasteiger partial charge in [0.25, 0.3) is 5.91 Å². The molecule has 0 bridgehead atoms. The minimum absolute atomic E-state index is 0.0341.